The van der Waals surface area contributed by atoms with E-state index in [0.29, 0.717) is 12.8 Å². The van der Waals surface area contributed by atoms with E-state index in [1.54, 1.807) is 13.8 Å². The highest BCUT2D eigenvalue weighted by Crippen LogP contribution is 2.37. The molecule has 2 unspecified atom stereocenters. The summed E-state index contributed by atoms with van der Waals surface area (Å²) in [6.07, 6.45) is -5.97. The summed E-state index contributed by atoms with van der Waals surface area (Å²) in [4.78, 5) is 8.46. The van der Waals surface area contributed by atoms with Crippen molar-refractivity contribution in [3.8, 4) is 0 Å². The van der Waals surface area contributed by atoms with E-state index in [1.807, 2.05) is 30.3 Å². The molecule has 0 spiro atoms. The third-order valence-electron chi connectivity index (χ3n) is 3.82. The molecule has 0 radical (unpaired) electrons. The largest absolute Gasteiger partial charge is 0.701 e. The van der Waals surface area contributed by atoms with E-state index in [9.17, 15) is 18.5 Å². The SMILES string of the molecule is CCC(CC)(OCc1ccccc1)C(O)CC(F)(F)O[P+](=O)O. The molecule has 1 aromatic carbocycles. The molecule has 8 heteroatoms. The third-order valence-corrected chi connectivity index (χ3v) is 4.24. The van der Waals surface area contributed by atoms with Gasteiger partial charge in [0.25, 0.3) is 0 Å². The molecule has 0 saturated carbocycles. The van der Waals surface area contributed by atoms with Crippen LogP contribution < -0.4 is 0 Å². The topological polar surface area (TPSA) is 76.0 Å². The molecule has 0 aromatic heterocycles. The summed E-state index contributed by atoms with van der Waals surface area (Å²) in [5.41, 5.74) is -0.337. The summed E-state index contributed by atoms with van der Waals surface area (Å²) in [5, 5.41) is 10.2. The molecule has 0 heterocycles. The fourth-order valence-corrected chi connectivity index (χ4v) is 2.69. The Morgan fingerprint density at radius 2 is 1.78 bits per heavy atom. The number of hydrogen-bond donors (Lipinski definition) is 2. The average Bonchev–Trinajstić information content (AvgIpc) is 2.48. The van der Waals surface area contributed by atoms with E-state index < -0.39 is 32.5 Å². The number of alkyl halides is 2. The molecule has 23 heavy (non-hydrogen) atoms. The maximum absolute atomic E-state index is 13.5. The minimum atomic E-state index is -3.91. The van der Waals surface area contributed by atoms with Gasteiger partial charge in [-0.2, -0.15) is 8.78 Å². The van der Waals surface area contributed by atoms with Crippen molar-refractivity contribution in [2.45, 2.75) is 57.5 Å². The maximum atomic E-state index is 13.5. The number of hydrogen-bond acceptors (Lipinski definition) is 4. The number of aliphatic hydroxyl groups is 1. The fourth-order valence-electron chi connectivity index (χ4n) is 2.39. The monoisotopic (exact) mass is 351 g/mol. The Morgan fingerprint density at radius 1 is 1.22 bits per heavy atom. The van der Waals surface area contributed by atoms with Gasteiger partial charge >= 0.3 is 14.4 Å². The van der Waals surface area contributed by atoms with Crippen molar-refractivity contribution in [2.75, 3.05) is 0 Å². The van der Waals surface area contributed by atoms with Gasteiger partial charge < -0.3 is 9.84 Å². The molecule has 0 fully saturated rings. The molecular weight excluding hydrogens is 329 g/mol. The van der Waals surface area contributed by atoms with Crippen LogP contribution in [0.1, 0.15) is 38.7 Å². The zero-order chi connectivity index (χ0) is 17.5. The lowest BCUT2D eigenvalue weighted by Crippen LogP contribution is -2.46. The van der Waals surface area contributed by atoms with Gasteiger partial charge in [-0.05, 0) is 22.9 Å². The molecule has 0 aliphatic rings. The summed E-state index contributed by atoms with van der Waals surface area (Å²) in [5.74, 6) is 0. The van der Waals surface area contributed by atoms with Crippen LogP contribution in [0.25, 0.3) is 0 Å². The van der Waals surface area contributed by atoms with Gasteiger partial charge in [0, 0.05) is 4.57 Å². The van der Waals surface area contributed by atoms with Crippen LogP contribution in [-0.4, -0.2) is 27.8 Å². The van der Waals surface area contributed by atoms with Crippen LogP contribution in [0.2, 0.25) is 0 Å². The quantitative estimate of drug-likeness (QED) is 0.628. The molecule has 0 saturated heterocycles. The summed E-state index contributed by atoms with van der Waals surface area (Å²) in [6.45, 7) is 3.62. The van der Waals surface area contributed by atoms with Crippen LogP contribution >= 0.6 is 8.25 Å². The normalized spacial score (nSPS) is 14.6. The second-order valence-corrected chi connectivity index (χ2v) is 5.89. The molecule has 0 aliphatic heterocycles. The van der Waals surface area contributed by atoms with E-state index in [-0.39, 0.29) is 6.61 Å². The Morgan fingerprint density at radius 3 is 2.26 bits per heavy atom. The van der Waals surface area contributed by atoms with Crippen molar-refractivity contribution >= 4 is 8.25 Å². The van der Waals surface area contributed by atoms with Crippen LogP contribution in [0.15, 0.2) is 30.3 Å². The minimum Gasteiger partial charge on any atom is -0.390 e. The van der Waals surface area contributed by atoms with Crippen LogP contribution in [-0.2, 0) is 20.4 Å². The van der Waals surface area contributed by atoms with Gasteiger partial charge in [0.2, 0.25) is 0 Å². The molecule has 0 amide bonds. The lowest BCUT2D eigenvalue weighted by molar-refractivity contribution is -0.225. The summed E-state index contributed by atoms with van der Waals surface area (Å²) in [6, 6.07) is 9.16. The Kier molecular flexibility index (Phi) is 7.64. The van der Waals surface area contributed by atoms with Gasteiger partial charge in [-0.1, -0.05) is 44.2 Å². The first kappa shape index (κ1) is 20.1. The molecule has 1 aromatic rings. The highest BCUT2D eigenvalue weighted by molar-refractivity contribution is 7.32. The zero-order valence-electron chi connectivity index (χ0n) is 13.1. The van der Waals surface area contributed by atoms with Crippen LogP contribution in [0, 0.1) is 0 Å². The Hall–Kier alpha value is -0.980. The van der Waals surface area contributed by atoms with E-state index >= 15 is 0 Å². The van der Waals surface area contributed by atoms with Gasteiger partial charge in [-0.25, -0.2) is 0 Å². The van der Waals surface area contributed by atoms with Gasteiger partial charge in [-0.3, -0.25) is 0 Å². The van der Waals surface area contributed by atoms with E-state index in [1.165, 1.54) is 0 Å². The Labute approximate surface area is 135 Å². The first-order valence-corrected chi connectivity index (χ1v) is 8.46. The Balaban J connectivity index is 2.79. The first-order chi connectivity index (χ1) is 10.7. The van der Waals surface area contributed by atoms with Gasteiger partial charge in [0.05, 0.1) is 24.7 Å². The van der Waals surface area contributed by atoms with E-state index in [4.69, 9.17) is 9.63 Å². The van der Waals surface area contributed by atoms with Crippen LogP contribution in [0.5, 0.6) is 0 Å². The lowest BCUT2D eigenvalue weighted by atomic mass is 9.88. The highest BCUT2D eigenvalue weighted by Gasteiger charge is 2.48. The second kappa shape index (κ2) is 8.76. The summed E-state index contributed by atoms with van der Waals surface area (Å²) >= 11 is 0. The standard InChI is InChI=1S/C15H21F2O5P/c1-3-14(4-2,21-11-12-8-6-5-7-9-12)13(18)10-15(16,17)22-23(19)20/h5-9,13,18H,3-4,10-11H2,1-2H3/p+1. The van der Waals surface area contributed by atoms with Crippen LogP contribution in [0.4, 0.5) is 8.78 Å². The molecule has 130 valence electrons. The Bertz CT molecular complexity index is 494. The lowest BCUT2D eigenvalue weighted by Gasteiger charge is -2.37. The fraction of sp³-hybridized carbons (Fsp3) is 0.600. The predicted molar refractivity (Wildman–Crippen MR) is 81.0 cm³/mol. The smallest absolute Gasteiger partial charge is 0.390 e. The van der Waals surface area contributed by atoms with Gasteiger partial charge in [0.15, 0.2) is 0 Å². The zero-order valence-corrected chi connectivity index (χ0v) is 14.0. The third kappa shape index (κ3) is 6.20. The molecule has 2 atom stereocenters. The number of benzene rings is 1. The average molecular weight is 351 g/mol. The molecule has 0 bridgehead atoms. The summed E-state index contributed by atoms with van der Waals surface area (Å²) in [7, 11) is -3.46. The van der Waals surface area contributed by atoms with E-state index in [2.05, 4.69) is 4.52 Å². The van der Waals surface area contributed by atoms with Crippen LogP contribution in [0.3, 0.4) is 0 Å². The maximum Gasteiger partial charge on any atom is 0.701 e. The van der Waals surface area contributed by atoms with Crippen molar-refractivity contribution in [2.24, 2.45) is 0 Å². The van der Waals surface area contributed by atoms with Gasteiger partial charge in [-0.15, -0.1) is 4.89 Å². The number of aliphatic hydroxyl groups excluding tert-OH is 1. The predicted octanol–water partition coefficient (Wildman–Crippen LogP) is 3.77. The molecule has 5 nitrogen and oxygen atoms in total. The van der Waals surface area contributed by atoms with Crippen molar-refractivity contribution in [1.29, 1.82) is 0 Å². The van der Waals surface area contributed by atoms with E-state index in [0.717, 1.165) is 5.56 Å². The number of rotatable bonds is 10. The van der Waals surface area contributed by atoms with Crippen molar-refractivity contribution in [3.05, 3.63) is 35.9 Å². The summed E-state index contributed by atoms with van der Waals surface area (Å²) < 4.78 is 46.9. The van der Waals surface area contributed by atoms with Crippen molar-refractivity contribution in [3.63, 3.8) is 0 Å². The van der Waals surface area contributed by atoms with Gasteiger partial charge in [0.1, 0.15) is 0 Å². The minimum absolute atomic E-state index is 0.167. The molecule has 1 rings (SSSR count). The number of ether oxygens (including phenoxy) is 1. The number of halogens is 2. The molecular formula is C15H22F2O5P+. The molecule has 0 aliphatic carbocycles. The highest BCUT2D eigenvalue weighted by atomic mass is 31.1. The first-order valence-electron chi connectivity index (χ1n) is 7.33. The van der Waals surface area contributed by atoms with Crippen molar-refractivity contribution < 1.29 is 32.6 Å². The van der Waals surface area contributed by atoms with Crippen molar-refractivity contribution in [1.82, 2.24) is 0 Å². The second-order valence-electron chi connectivity index (χ2n) is 5.23. The molecule has 2 N–H and O–H groups in total.